The van der Waals surface area contributed by atoms with Gasteiger partial charge >= 0.3 is 17.9 Å². The molecule has 2 aromatic carbocycles. The van der Waals surface area contributed by atoms with Gasteiger partial charge in [0.05, 0.1) is 19.8 Å². The van der Waals surface area contributed by atoms with Crippen molar-refractivity contribution in [1.82, 2.24) is 0 Å². The van der Waals surface area contributed by atoms with Crippen molar-refractivity contribution in [1.29, 1.82) is 0 Å². The minimum Gasteiger partial charge on any atom is -0.466 e. The number of methoxy groups -OCH3 is 4. The average molecular weight is 479 g/mol. The van der Waals surface area contributed by atoms with Gasteiger partial charge in [0.1, 0.15) is 11.2 Å². The van der Waals surface area contributed by atoms with Crippen molar-refractivity contribution >= 4 is 24.1 Å². The highest BCUT2D eigenvalue weighted by atomic mass is 16.9. The molecule has 1 aliphatic heterocycles. The summed E-state index contributed by atoms with van der Waals surface area (Å²) < 4.78 is 27.4. The van der Waals surface area contributed by atoms with Crippen LogP contribution in [0.1, 0.15) is 22.3 Å². The van der Waals surface area contributed by atoms with Crippen LogP contribution in [0.2, 0.25) is 0 Å². The number of rotatable bonds is 8. The van der Waals surface area contributed by atoms with Crippen LogP contribution in [0, 0.1) is 13.8 Å². The summed E-state index contributed by atoms with van der Waals surface area (Å²) >= 11 is 0. The van der Waals surface area contributed by atoms with Gasteiger partial charge in [-0.25, -0.2) is 9.59 Å². The van der Waals surface area contributed by atoms with Crippen LogP contribution in [0.5, 0.6) is 0 Å². The Kier molecular flexibility index (Phi) is 8.07. The van der Waals surface area contributed by atoms with Crippen LogP contribution in [0.3, 0.4) is 0 Å². The maximum Gasteiger partial charge on any atom is 0.342 e. The zero-order chi connectivity index (χ0) is 25.6. The monoisotopic (exact) mass is 478 g/mol. The molecule has 0 bridgehead atoms. The summed E-state index contributed by atoms with van der Waals surface area (Å²) in [6.45, 7) is 3.98. The lowest BCUT2D eigenvalue weighted by molar-refractivity contribution is -0.341. The quantitative estimate of drug-likeness (QED) is 0.411. The van der Waals surface area contributed by atoms with Gasteiger partial charge in [0.15, 0.2) is 0 Å². The van der Waals surface area contributed by atoms with Crippen molar-refractivity contribution in [3.8, 4) is 0 Å². The molecule has 0 saturated carbocycles. The molecule has 0 N–H and O–H groups in total. The molecular formula is C28H30O7. The minimum atomic E-state index is -2.01. The van der Waals surface area contributed by atoms with E-state index in [0.717, 1.165) is 22.3 Å². The number of ether oxygens (including phenoxy) is 5. The molecule has 0 spiro atoms. The second-order valence-electron chi connectivity index (χ2n) is 8.08. The van der Waals surface area contributed by atoms with E-state index >= 15 is 0 Å². The summed E-state index contributed by atoms with van der Waals surface area (Å²) in [5.41, 5.74) is 2.00. The molecule has 35 heavy (non-hydrogen) atoms. The Morgan fingerprint density at radius 2 is 1.09 bits per heavy atom. The molecule has 0 fully saturated rings. The first-order valence-corrected chi connectivity index (χ1v) is 11.0. The lowest BCUT2D eigenvalue weighted by atomic mass is 9.89. The van der Waals surface area contributed by atoms with Crippen LogP contribution in [0.15, 0.2) is 71.8 Å². The molecule has 3 rings (SSSR count). The van der Waals surface area contributed by atoms with Crippen molar-refractivity contribution in [3.05, 3.63) is 94.1 Å². The molecule has 7 nitrogen and oxygen atoms in total. The summed E-state index contributed by atoms with van der Waals surface area (Å²) in [7, 11) is 5.04. The lowest BCUT2D eigenvalue weighted by Crippen LogP contribution is -2.42. The van der Waals surface area contributed by atoms with Crippen molar-refractivity contribution in [2.75, 3.05) is 28.4 Å². The van der Waals surface area contributed by atoms with Crippen molar-refractivity contribution in [2.24, 2.45) is 0 Å². The molecule has 7 heteroatoms. The summed E-state index contributed by atoms with van der Waals surface area (Å²) in [6, 6.07) is 15.6. The molecule has 0 aliphatic carbocycles. The molecular weight excluding hydrogens is 448 g/mol. The fraction of sp³-hybridized carbons (Fsp3) is 0.286. The lowest BCUT2D eigenvalue weighted by Gasteiger charge is -2.31. The largest absolute Gasteiger partial charge is 0.466 e. The summed E-state index contributed by atoms with van der Waals surface area (Å²) in [4.78, 5) is 26.1. The van der Waals surface area contributed by atoms with Gasteiger partial charge in [0.2, 0.25) is 0 Å². The number of esters is 2. The van der Waals surface area contributed by atoms with Crippen LogP contribution in [0.25, 0.3) is 12.2 Å². The van der Waals surface area contributed by atoms with E-state index in [2.05, 4.69) is 0 Å². The zero-order valence-electron chi connectivity index (χ0n) is 20.8. The first-order chi connectivity index (χ1) is 16.7. The Morgan fingerprint density at radius 1 is 0.686 bits per heavy atom. The molecule has 1 heterocycles. The van der Waals surface area contributed by atoms with Crippen LogP contribution in [0.4, 0.5) is 0 Å². The summed E-state index contributed by atoms with van der Waals surface area (Å²) in [6.07, 6.45) is 6.91. The van der Waals surface area contributed by atoms with Gasteiger partial charge in [-0.05, 0) is 37.1 Å². The van der Waals surface area contributed by atoms with Crippen molar-refractivity contribution in [2.45, 2.75) is 25.4 Å². The average Bonchev–Trinajstić information content (AvgIpc) is 3.18. The number of aryl methyl sites for hydroxylation is 2. The Morgan fingerprint density at radius 3 is 1.46 bits per heavy atom. The van der Waals surface area contributed by atoms with E-state index in [1.165, 1.54) is 28.4 Å². The number of hydrogen-bond donors (Lipinski definition) is 0. The number of carbonyl (C=O) groups excluding carboxylic acids is 2. The molecule has 0 amide bonds. The molecule has 0 unspecified atom stereocenters. The van der Waals surface area contributed by atoms with E-state index in [9.17, 15) is 9.59 Å². The standard InChI is InChI=1S/C28H30O7/c1-19-7-11-21(12-8-19)15-17-27(18-16-22-13-9-20(2)10-14-22)23(25(29)31-3)24(26(30)32-4)28(33-5,34-6)35-27/h7-18H,1-6H3/b17-15+,18-16+. The second kappa shape index (κ2) is 10.8. The molecule has 0 aromatic heterocycles. The van der Waals surface area contributed by atoms with E-state index in [1.54, 1.807) is 24.3 Å². The van der Waals surface area contributed by atoms with Crippen LogP contribution in [-0.2, 0) is 33.3 Å². The predicted molar refractivity (Wildman–Crippen MR) is 132 cm³/mol. The Bertz CT molecular complexity index is 1100. The van der Waals surface area contributed by atoms with Gasteiger partial charge < -0.3 is 23.7 Å². The smallest absolute Gasteiger partial charge is 0.342 e. The highest BCUT2D eigenvalue weighted by Crippen LogP contribution is 2.47. The van der Waals surface area contributed by atoms with Crippen molar-refractivity contribution in [3.63, 3.8) is 0 Å². The molecule has 1 aliphatic rings. The number of carbonyl (C=O) groups is 2. The number of hydrogen-bond acceptors (Lipinski definition) is 7. The van der Waals surface area contributed by atoms with E-state index in [0.29, 0.717) is 0 Å². The van der Waals surface area contributed by atoms with Crippen LogP contribution in [-0.4, -0.2) is 52.0 Å². The van der Waals surface area contributed by atoms with Gasteiger partial charge in [0.25, 0.3) is 0 Å². The van der Waals surface area contributed by atoms with Crippen LogP contribution >= 0.6 is 0 Å². The third kappa shape index (κ3) is 5.27. The van der Waals surface area contributed by atoms with Gasteiger partial charge in [-0.3, -0.25) is 0 Å². The van der Waals surface area contributed by atoms with Gasteiger partial charge in [-0.2, -0.15) is 0 Å². The van der Waals surface area contributed by atoms with Crippen molar-refractivity contribution < 1.29 is 33.3 Å². The third-order valence-corrected chi connectivity index (χ3v) is 5.77. The Labute approximate surface area is 205 Å². The van der Waals surface area contributed by atoms with E-state index in [1.807, 2.05) is 62.4 Å². The molecule has 2 aromatic rings. The first kappa shape index (κ1) is 26.1. The van der Waals surface area contributed by atoms with Crippen LogP contribution < -0.4 is 0 Å². The molecule has 0 atom stereocenters. The highest BCUT2D eigenvalue weighted by molar-refractivity contribution is 6.05. The topological polar surface area (TPSA) is 80.3 Å². The van der Waals surface area contributed by atoms with Gasteiger partial charge in [0, 0.05) is 14.2 Å². The normalized spacial score (nSPS) is 16.7. The highest BCUT2D eigenvalue weighted by Gasteiger charge is 2.60. The molecule has 184 valence electrons. The minimum absolute atomic E-state index is 0.109. The number of benzene rings is 2. The second-order valence-corrected chi connectivity index (χ2v) is 8.08. The fourth-order valence-corrected chi connectivity index (χ4v) is 3.82. The zero-order valence-corrected chi connectivity index (χ0v) is 20.8. The van der Waals surface area contributed by atoms with E-state index < -0.39 is 23.5 Å². The first-order valence-electron chi connectivity index (χ1n) is 11.0. The van der Waals surface area contributed by atoms with Gasteiger partial charge in [-0.15, -0.1) is 0 Å². The molecule has 0 radical (unpaired) electrons. The fourth-order valence-electron chi connectivity index (χ4n) is 3.82. The maximum absolute atomic E-state index is 13.1. The summed E-state index contributed by atoms with van der Waals surface area (Å²) in [5.74, 6) is -3.64. The van der Waals surface area contributed by atoms with E-state index in [4.69, 9.17) is 23.7 Å². The maximum atomic E-state index is 13.1. The van der Waals surface area contributed by atoms with Gasteiger partial charge in [-0.1, -0.05) is 71.8 Å². The van der Waals surface area contributed by atoms with E-state index in [-0.39, 0.29) is 11.1 Å². The molecule has 0 saturated heterocycles. The Balaban J connectivity index is 2.29. The third-order valence-electron chi connectivity index (χ3n) is 5.77. The summed E-state index contributed by atoms with van der Waals surface area (Å²) in [5, 5.41) is 0. The predicted octanol–water partition coefficient (Wildman–Crippen LogP) is 4.39. The Hall–Kier alpha value is -3.52. The SMILES string of the molecule is COC(=O)C1=C(C(=O)OC)C(OC)(OC)OC1(/C=C/c1ccc(C)cc1)/C=C/c1ccc(C)cc1.